The molecule has 2 aliphatic rings. The normalized spacial score (nSPS) is 20.7. The van der Waals surface area contributed by atoms with Gasteiger partial charge in [-0.1, -0.05) is 0 Å². The van der Waals surface area contributed by atoms with Crippen molar-refractivity contribution in [2.45, 2.75) is 0 Å². The lowest BCUT2D eigenvalue weighted by molar-refractivity contribution is -0.964. The molecule has 0 radical (unpaired) electrons. The number of carbonyl (C=O) groups is 2. The summed E-state index contributed by atoms with van der Waals surface area (Å²) in [5, 5.41) is 23.2. The van der Waals surface area contributed by atoms with Crippen LogP contribution in [0.15, 0.2) is 61.3 Å². The molecule has 2 aliphatic heterocycles. The summed E-state index contributed by atoms with van der Waals surface area (Å²) >= 11 is 0. The second kappa shape index (κ2) is 5.23. The standard InChI is InChI=1S/C12H10N2O6/c15-11(19-13(17)7-1-2-8-13)5-6-12(16)20-14(18)9-3-4-10-14/h1-10H/b6-5-. The van der Waals surface area contributed by atoms with Crippen molar-refractivity contribution >= 4 is 11.9 Å². The summed E-state index contributed by atoms with van der Waals surface area (Å²) in [5.41, 5.74) is 0. The maximum Gasteiger partial charge on any atom is 0.392 e. The van der Waals surface area contributed by atoms with E-state index in [2.05, 4.69) is 9.68 Å². The molecule has 0 aliphatic carbocycles. The van der Waals surface area contributed by atoms with Crippen LogP contribution in [0.3, 0.4) is 0 Å². The Kier molecular flexibility index (Phi) is 3.63. The van der Waals surface area contributed by atoms with E-state index in [1.165, 1.54) is 24.3 Å². The van der Waals surface area contributed by atoms with E-state index in [0.29, 0.717) is 12.2 Å². The summed E-state index contributed by atoms with van der Waals surface area (Å²) in [5.74, 6) is -2.09. The monoisotopic (exact) mass is 278 g/mol. The summed E-state index contributed by atoms with van der Waals surface area (Å²) in [7, 11) is 0. The van der Waals surface area contributed by atoms with Gasteiger partial charge >= 0.3 is 11.9 Å². The van der Waals surface area contributed by atoms with Crippen LogP contribution in [0.25, 0.3) is 0 Å². The highest BCUT2D eigenvalue weighted by atomic mass is 16.9. The van der Waals surface area contributed by atoms with Crippen LogP contribution < -0.4 is 0 Å². The van der Waals surface area contributed by atoms with Crippen LogP contribution in [0.2, 0.25) is 0 Å². The van der Waals surface area contributed by atoms with E-state index < -0.39 is 21.6 Å². The van der Waals surface area contributed by atoms with E-state index in [4.69, 9.17) is 0 Å². The Morgan fingerprint density at radius 3 is 1.35 bits per heavy atom. The molecule has 2 heterocycles. The largest absolute Gasteiger partial charge is 0.579 e. The number of carbonyl (C=O) groups excluding carboxylic acids is 2. The van der Waals surface area contributed by atoms with Gasteiger partial charge in [0.15, 0.2) is 0 Å². The number of hydrogen-bond donors (Lipinski definition) is 0. The zero-order valence-corrected chi connectivity index (χ0v) is 10.1. The molecule has 0 aromatic carbocycles. The first-order chi connectivity index (χ1) is 9.41. The van der Waals surface area contributed by atoms with Crippen LogP contribution in [0.1, 0.15) is 0 Å². The molecule has 0 amide bonds. The smallest absolute Gasteiger partial charge is 0.392 e. The van der Waals surface area contributed by atoms with E-state index in [1.807, 2.05) is 0 Å². The molecule has 0 spiro atoms. The highest BCUT2D eigenvalue weighted by Crippen LogP contribution is 2.16. The minimum Gasteiger partial charge on any atom is -0.579 e. The minimum atomic E-state index is -1.40. The summed E-state index contributed by atoms with van der Waals surface area (Å²) < 4.78 is 0. The molecule has 0 N–H and O–H groups in total. The van der Waals surface area contributed by atoms with Crippen molar-refractivity contribution in [1.29, 1.82) is 0 Å². The summed E-state index contributed by atoms with van der Waals surface area (Å²) in [4.78, 5) is 28.8. The van der Waals surface area contributed by atoms with Crippen LogP contribution in [0.4, 0.5) is 0 Å². The Bertz CT molecular complexity index is 498. The number of quaternary nitrogens is 2. The topological polar surface area (TPSA) is 98.7 Å². The molecule has 8 nitrogen and oxygen atoms in total. The average Bonchev–Trinajstić information content (AvgIpc) is 2.96. The van der Waals surface area contributed by atoms with Gasteiger partial charge in [-0.05, 0) is 0 Å². The van der Waals surface area contributed by atoms with Crippen LogP contribution in [-0.4, -0.2) is 21.6 Å². The summed E-state index contributed by atoms with van der Waals surface area (Å²) in [6.07, 6.45) is 11.4. The molecule has 0 unspecified atom stereocenters. The zero-order valence-electron chi connectivity index (χ0n) is 10.1. The van der Waals surface area contributed by atoms with Crippen molar-refractivity contribution in [3.63, 3.8) is 0 Å². The fourth-order valence-corrected chi connectivity index (χ4v) is 1.38. The molecule has 104 valence electrons. The van der Waals surface area contributed by atoms with Crippen LogP contribution in [-0.2, 0) is 19.3 Å². The molecule has 2 rings (SSSR count). The first kappa shape index (κ1) is 13.9. The van der Waals surface area contributed by atoms with E-state index in [9.17, 15) is 20.0 Å². The Balaban J connectivity index is 1.86. The number of allylic oxidation sites excluding steroid dienone is 4. The number of rotatable bonds is 4. The molecule has 0 fully saturated rings. The van der Waals surface area contributed by atoms with Gasteiger partial charge in [-0.15, -0.1) is 9.62 Å². The van der Waals surface area contributed by atoms with Gasteiger partial charge in [0.2, 0.25) is 0 Å². The first-order valence-corrected chi connectivity index (χ1v) is 5.49. The zero-order chi connectivity index (χ0) is 14.6. The second-order valence-electron chi connectivity index (χ2n) is 3.81. The van der Waals surface area contributed by atoms with Gasteiger partial charge in [-0.2, -0.15) is 0 Å². The molecule has 0 aromatic heterocycles. The second-order valence-corrected chi connectivity index (χ2v) is 3.81. The summed E-state index contributed by atoms with van der Waals surface area (Å²) in [6, 6.07) is 0. The van der Waals surface area contributed by atoms with Crippen molar-refractivity contribution in [3.8, 4) is 0 Å². The quantitative estimate of drug-likeness (QED) is 0.435. The minimum absolute atomic E-state index is 0.704. The third-order valence-electron chi connectivity index (χ3n) is 2.22. The predicted octanol–water partition coefficient (Wildman–Crippen LogP) is 1.17. The van der Waals surface area contributed by atoms with Crippen molar-refractivity contribution in [1.82, 2.24) is 0 Å². The van der Waals surface area contributed by atoms with Crippen LogP contribution in [0, 0.1) is 10.4 Å². The van der Waals surface area contributed by atoms with Gasteiger partial charge in [0.25, 0.3) is 0 Å². The molecule has 0 atom stereocenters. The fourth-order valence-electron chi connectivity index (χ4n) is 1.38. The molecule has 20 heavy (non-hydrogen) atoms. The maximum absolute atomic E-state index is 11.6. The molecule has 0 saturated heterocycles. The lowest BCUT2D eigenvalue weighted by atomic mass is 10.5. The average molecular weight is 278 g/mol. The van der Waals surface area contributed by atoms with E-state index in [1.54, 1.807) is 0 Å². The van der Waals surface area contributed by atoms with Gasteiger partial charge in [0.1, 0.15) is 24.8 Å². The fraction of sp³-hybridized carbons (Fsp3) is 0. The van der Waals surface area contributed by atoms with Gasteiger partial charge in [0.05, 0.1) is 0 Å². The van der Waals surface area contributed by atoms with Crippen molar-refractivity contribution < 1.29 is 28.9 Å². The van der Waals surface area contributed by atoms with Gasteiger partial charge in [-0.3, -0.25) is 9.68 Å². The van der Waals surface area contributed by atoms with Crippen LogP contribution in [0.5, 0.6) is 0 Å². The molecule has 8 heteroatoms. The summed E-state index contributed by atoms with van der Waals surface area (Å²) in [6.45, 7) is 0. The number of nitrogens with zero attached hydrogens (tertiary/aromatic N) is 2. The van der Waals surface area contributed by atoms with Gasteiger partial charge in [-0.25, -0.2) is 9.59 Å². The van der Waals surface area contributed by atoms with Gasteiger partial charge in [0, 0.05) is 36.5 Å². The maximum atomic E-state index is 11.6. The molecular formula is C12H10N2O6. The SMILES string of the molecule is O=C(/C=C\C(=O)O[N+]1([O-])C=CC=C1)O[N+]1([O-])C=CC=C1. The van der Waals surface area contributed by atoms with E-state index in [-0.39, 0.29) is 0 Å². The third-order valence-corrected chi connectivity index (χ3v) is 2.22. The lowest BCUT2D eigenvalue weighted by Gasteiger charge is -2.27. The Morgan fingerprint density at radius 1 is 0.750 bits per heavy atom. The van der Waals surface area contributed by atoms with Crippen LogP contribution >= 0.6 is 0 Å². The highest BCUT2D eigenvalue weighted by molar-refractivity contribution is 5.91. The van der Waals surface area contributed by atoms with Crippen molar-refractivity contribution in [2.24, 2.45) is 0 Å². The Hall–Kier alpha value is -2.52. The highest BCUT2D eigenvalue weighted by Gasteiger charge is 2.21. The van der Waals surface area contributed by atoms with E-state index in [0.717, 1.165) is 24.8 Å². The molecular weight excluding hydrogens is 268 g/mol. The Labute approximate surface area is 113 Å². The Morgan fingerprint density at radius 2 is 1.05 bits per heavy atom. The first-order valence-electron chi connectivity index (χ1n) is 5.49. The molecule has 0 bridgehead atoms. The number of hydroxylamine groups is 8. The number of hydrogen-bond acceptors (Lipinski definition) is 6. The molecule has 0 saturated carbocycles. The van der Waals surface area contributed by atoms with Crippen molar-refractivity contribution in [3.05, 3.63) is 71.7 Å². The van der Waals surface area contributed by atoms with E-state index >= 15 is 0 Å². The van der Waals surface area contributed by atoms with Crippen molar-refractivity contribution in [2.75, 3.05) is 0 Å². The third kappa shape index (κ3) is 3.49. The van der Waals surface area contributed by atoms with Gasteiger partial charge < -0.3 is 10.4 Å². The lowest BCUT2D eigenvalue weighted by Crippen LogP contribution is -2.32. The molecule has 0 aromatic rings. The predicted molar refractivity (Wildman–Crippen MR) is 65.1 cm³/mol.